The van der Waals surface area contributed by atoms with Crippen LogP contribution in [0, 0.1) is 11.3 Å². The smallest absolute Gasteiger partial charge is 0.235 e. The molecule has 2 amide bonds. The summed E-state index contributed by atoms with van der Waals surface area (Å²) in [6.45, 7) is 4.73. The largest absolute Gasteiger partial charge is 0.312 e. The molecule has 0 radical (unpaired) electrons. The number of nitrogens with one attached hydrogen (secondary N) is 1. The van der Waals surface area contributed by atoms with E-state index in [1.165, 1.54) is 0 Å². The second-order valence-electron chi connectivity index (χ2n) is 9.12. The number of amides is 2. The van der Waals surface area contributed by atoms with Crippen molar-refractivity contribution in [2.75, 3.05) is 23.3 Å². The average Bonchev–Trinajstić information content (AvgIpc) is 3.51. The minimum absolute atomic E-state index is 0.103. The van der Waals surface area contributed by atoms with E-state index in [1.807, 2.05) is 43.6 Å². The summed E-state index contributed by atoms with van der Waals surface area (Å²) in [6.07, 6.45) is 6.57. The van der Waals surface area contributed by atoms with Crippen LogP contribution in [0.2, 0.25) is 0 Å². The van der Waals surface area contributed by atoms with Crippen LogP contribution in [0.5, 0.6) is 0 Å². The standard InChI is InChI=1S/C25H27N7O2/c1-26-16-25(19-6-7-19)9-11-32(24(25)34)20-8-10-27-22(14-20)28-23(33)13-17-4-3-5-18(12-17)21-15-31(2)30-29-21/h3-5,8,10,12,14-15,19H,1,6-7,9,11,13,16H2,2H3,(H,27,28,33)/t25-/m1/s1. The molecule has 1 saturated heterocycles. The molecule has 1 N–H and O–H groups in total. The molecule has 0 bridgehead atoms. The number of hydrogen-bond acceptors (Lipinski definition) is 6. The van der Waals surface area contributed by atoms with Gasteiger partial charge in [-0.05, 0) is 49.6 Å². The maximum atomic E-state index is 13.3. The van der Waals surface area contributed by atoms with Crippen LogP contribution in [0.25, 0.3) is 11.3 Å². The van der Waals surface area contributed by atoms with E-state index in [0.29, 0.717) is 24.8 Å². The lowest BCUT2D eigenvalue weighted by Gasteiger charge is -2.26. The highest BCUT2D eigenvalue weighted by molar-refractivity contribution is 6.01. The second kappa shape index (κ2) is 8.81. The van der Waals surface area contributed by atoms with Gasteiger partial charge < -0.3 is 10.2 Å². The van der Waals surface area contributed by atoms with E-state index >= 15 is 0 Å². The Balaban J connectivity index is 1.27. The fourth-order valence-electron chi connectivity index (χ4n) is 4.87. The third-order valence-electron chi connectivity index (χ3n) is 6.72. The molecular formula is C25H27N7O2. The topological polar surface area (TPSA) is 105 Å². The summed E-state index contributed by atoms with van der Waals surface area (Å²) in [6, 6.07) is 11.2. The maximum Gasteiger partial charge on any atom is 0.235 e. The van der Waals surface area contributed by atoms with Crippen molar-refractivity contribution >= 4 is 30.0 Å². The molecule has 3 heterocycles. The van der Waals surface area contributed by atoms with Gasteiger partial charge in [-0.3, -0.25) is 19.3 Å². The lowest BCUT2D eigenvalue weighted by Crippen LogP contribution is -2.38. The Hall–Kier alpha value is -3.88. The number of benzene rings is 1. The van der Waals surface area contributed by atoms with Gasteiger partial charge in [0.2, 0.25) is 11.8 Å². The van der Waals surface area contributed by atoms with Gasteiger partial charge >= 0.3 is 0 Å². The number of pyridine rings is 1. The molecule has 0 spiro atoms. The van der Waals surface area contributed by atoms with Crippen LogP contribution in [0.1, 0.15) is 24.8 Å². The Labute approximate surface area is 197 Å². The van der Waals surface area contributed by atoms with Gasteiger partial charge in [-0.15, -0.1) is 5.10 Å². The van der Waals surface area contributed by atoms with Crippen LogP contribution in [-0.2, 0) is 23.1 Å². The summed E-state index contributed by atoms with van der Waals surface area (Å²) in [5.74, 6) is 0.740. The fraction of sp³-hybridized carbons (Fsp3) is 0.360. The van der Waals surface area contributed by atoms with Gasteiger partial charge in [0.05, 0.1) is 24.6 Å². The second-order valence-corrected chi connectivity index (χ2v) is 9.12. The molecule has 1 aromatic carbocycles. The number of aliphatic imine (C=N–C) groups is 1. The molecule has 1 aliphatic heterocycles. The zero-order valence-corrected chi connectivity index (χ0v) is 19.1. The normalized spacial score (nSPS) is 19.9. The van der Waals surface area contributed by atoms with Gasteiger partial charge in [-0.25, -0.2) is 4.98 Å². The first-order valence-electron chi connectivity index (χ1n) is 11.4. The maximum absolute atomic E-state index is 13.3. The van der Waals surface area contributed by atoms with Crippen LogP contribution in [0.15, 0.2) is 53.8 Å². The van der Waals surface area contributed by atoms with Gasteiger partial charge in [0.1, 0.15) is 11.5 Å². The first kappa shape index (κ1) is 21.9. The summed E-state index contributed by atoms with van der Waals surface area (Å²) in [4.78, 5) is 36.2. The van der Waals surface area contributed by atoms with Crippen LogP contribution in [0.3, 0.4) is 0 Å². The van der Waals surface area contributed by atoms with Gasteiger partial charge in [0.25, 0.3) is 0 Å². The highest BCUT2D eigenvalue weighted by atomic mass is 16.2. The van der Waals surface area contributed by atoms with Crippen LogP contribution >= 0.6 is 0 Å². The molecule has 1 atom stereocenters. The quantitative estimate of drug-likeness (QED) is 0.524. The van der Waals surface area contributed by atoms with Crippen LogP contribution < -0.4 is 10.2 Å². The zero-order valence-electron chi connectivity index (χ0n) is 19.1. The minimum Gasteiger partial charge on any atom is -0.312 e. The Morgan fingerprint density at radius 2 is 2.15 bits per heavy atom. The number of carbonyl (C=O) groups excluding carboxylic acids is 2. The van der Waals surface area contributed by atoms with E-state index in [0.717, 1.165) is 41.8 Å². The van der Waals surface area contributed by atoms with Gasteiger partial charge in [-0.2, -0.15) is 0 Å². The highest BCUT2D eigenvalue weighted by Gasteiger charge is 2.55. The zero-order chi connectivity index (χ0) is 23.7. The van der Waals surface area contributed by atoms with E-state index < -0.39 is 5.41 Å². The summed E-state index contributed by atoms with van der Waals surface area (Å²) in [5.41, 5.74) is 2.83. The Morgan fingerprint density at radius 1 is 1.29 bits per heavy atom. The molecule has 5 rings (SSSR count). The first-order chi connectivity index (χ1) is 16.5. The van der Waals surface area contributed by atoms with Crippen molar-refractivity contribution in [3.8, 4) is 11.3 Å². The number of carbonyl (C=O) groups is 2. The highest BCUT2D eigenvalue weighted by Crippen LogP contribution is 2.52. The summed E-state index contributed by atoms with van der Waals surface area (Å²) >= 11 is 0. The van der Waals surface area contributed by atoms with Gasteiger partial charge in [-0.1, -0.05) is 23.4 Å². The Morgan fingerprint density at radius 3 is 2.88 bits per heavy atom. The predicted molar refractivity (Wildman–Crippen MR) is 130 cm³/mol. The number of aryl methyl sites for hydroxylation is 1. The van der Waals surface area contributed by atoms with Crippen molar-refractivity contribution in [1.82, 2.24) is 20.0 Å². The molecule has 9 heteroatoms. The van der Waals surface area contributed by atoms with Crippen molar-refractivity contribution in [3.05, 3.63) is 54.4 Å². The molecule has 2 fully saturated rings. The van der Waals surface area contributed by atoms with E-state index in [-0.39, 0.29) is 18.2 Å². The molecule has 3 aromatic rings. The van der Waals surface area contributed by atoms with Gasteiger partial charge in [0.15, 0.2) is 0 Å². The third kappa shape index (κ3) is 4.21. The molecule has 0 unspecified atom stereocenters. The number of nitrogens with zero attached hydrogens (tertiary/aromatic N) is 6. The molecule has 2 aliphatic rings. The van der Waals surface area contributed by atoms with Crippen molar-refractivity contribution in [3.63, 3.8) is 0 Å². The van der Waals surface area contributed by atoms with E-state index in [2.05, 4.69) is 32.3 Å². The number of anilines is 2. The van der Waals surface area contributed by atoms with Crippen LogP contribution in [-0.4, -0.2) is 51.6 Å². The van der Waals surface area contributed by atoms with E-state index in [1.54, 1.807) is 21.8 Å². The molecule has 1 aliphatic carbocycles. The van der Waals surface area contributed by atoms with Crippen molar-refractivity contribution < 1.29 is 9.59 Å². The number of hydrogen-bond donors (Lipinski definition) is 1. The van der Waals surface area contributed by atoms with Crippen molar-refractivity contribution in [2.45, 2.75) is 25.7 Å². The monoisotopic (exact) mass is 457 g/mol. The predicted octanol–water partition coefficient (Wildman–Crippen LogP) is 2.89. The average molecular weight is 458 g/mol. The van der Waals surface area contributed by atoms with Crippen LogP contribution in [0.4, 0.5) is 11.5 Å². The van der Waals surface area contributed by atoms with E-state index in [9.17, 15) is 9.59 Å². The molecule has 34 heavy (non-hydrogen) atoms. The summed E-state index contributed by atoms with van der Waals surface area (Å²) < 4.78 is 1.64. The van der Waals surface area contributed by atoms with E-state index in [4.69, 9.17) is 0 Å². The minimum atomic E-state index is -0.428. The van der Waals surface area contributed by atoms with Gasteiger partial charge in [0, 0.05) is 37.1 Å². The fourth-order valence-corrected chi connectivity index (χ4v) is 4.87. The van der Waals surface area contributed by atoms with Crippen molar-refractivity contribution in [1.29, 1.82) is 0 Å². The molecular weight excluding hydrogens is 430 g/mol. The molecule has 174 valence electrons. The lowest BCUT2D eigenvalue weighted by atomic mass is 9.81. The third-order valence-corrected chi connectivity index (χ3v) is 6.72. The Bertz CT molecular complexity index is 1250. The first-order valence-corrected chi connectivity index (χ1v) is 11.4. The summed E-state index contributed by atoms with van der Waals surface area (Å²) in [5, 5.41) is 11.0. The van der Waals surface area contributed by atoms with Crippen molar-refractivity contribution in [2.24, 2.45) is 23.4 Å². The Kier molecular flexibility index (Phi) is 5.69. The SMILES string of the molecule is C=NC[C@@]1(C2CC2)CCN(c2ccnc(NC(=O)Cc3cccc(-c4cn(C)nn4)c3)c2)C1=O. The number of aromatic nitrogens is 4. The summed E-state index contributed by atoms with van der Waals surface area (Å²) in [7, 11) is 1.81. The lowest BCUT2D eigenvalue weighted by molar-refractivity contribution is -0.126. The molecule has 2 aromatic heterocycles. The molecule has 1 saturated carbocycles. The number of rotatable bonds is 8. The molecule has 9 nitrogen and oxygen atoms in total.